The van der Waals surface area contributed by atoms with Gasteiger partial charge in [-0.3, -0.25) is 0 Å². The molecule has 1 aliphatic rings. The minimum absolute atomic E-state index is 0.346. The molecule has 0 heterocycles. The van der Waals surface area contributed by atoms with E-state index in [-0.39, 0.29) is 6.03 Å². The van der Waals surface area contributed by atoms with Crippen molar-refractivity contribution in [3.05, 3.63) is 58.1 Å². The zero-order valence-corrected chi connectivity index (χ0v) is 14.7. The Morgan fingerprint density at radius 1 is 1.12 bits per heavy atom. The maximum atomic E-state index is 12.3. The summed E-state index contributed by atoms with van der Waals surface area (Å²) in [4.78, 5) is 24.0. The van der Waals surface area contributed by atoms with Crippen molar-refractivity contribution in [1.82, 2.24) is 0 Å². The lowest BCUT2D eigenvalue weighted by Gasteiger charge is -2.12. The third-order valence-corrected chi connectivity index (χ3v) is 4.55. The highest BCUT2D eigenvalue weighted by molar-refractivity contribution is 9.10. The largest absolute Gasteiger partial charge is 0.465 e. The number of nitrogens with one attached hydrogen (secondary N) is 2. The van der Waals surface area contributed by atoms with Gasteiger partial charge in [0.2, 0.25) is 0 Å². The highest BCUT2D eigenvalue weighted by Crippen LogP contribution is 2.43. The summed E-state index contributed by atoms with van der Waals surface area (Å²) in [6.07, 6.45) is 2.32. The first-order valence-corrected chi connectivity index (χ1v) is 8.42. The van der Waals surface area contributed by atoms with E-state index < -0.39 is 5.97 Å². The van der Waals surface area contributed by atoms with E-state index in [1.807, 2.05) is 24.3 Å². The molecule has 2 aromatic carbocycles. The van der Waals surface area contributed by atoms with Gasteiger partial charge in [0.05, 0.1) is 12.7 Å². The van der Waals surface area contributed by atoms with Crippen LogP contribution in [0.1, 0.15) is 34.7 Å². The molecular formula is C18H17BrN2O3. The van der Waals surface area contributed by atoms with Gasteiger partial charge >= 0.3 is 12.0 Å². The second-order valence-corrected chi connectivity index (χ2v) is 6.48. The number of ether oxygens (including phenoxy) is 1. The molecule has 0 atom stereocenters. The van der Waals surface area contributed by atoms with Gasteiger partial charge in [-0.15, -0.1) is 0 Å². The molecule has 0 bridgehead atoms. The zero-order chi connectivity index (χ0) is 17.1. The van der Waals surface area contributed by atoms with E-state index in [2.05, 4.69) is 26.6 Å². The average molecular weight is 389 g/mol. The third-order valence-electron chi connectivity index (χ3n) is 3.86. The summed E-state index contributed by atoms with van der Waals surface area (Å²) in [5, 5.41) is 5.62. The lowest BCUT2D eigenvalue weighted by Crippen LogP contribution is -2.20. The van der Waals surface area contributed by atoms with E-state index in [4.69, 9.17) is 4.74 Å². The number of carbonyl (C=O) groups is 2. The van der Waals surface area contributed by atoms with Crippen molar-refractivity contribution in [2.75, 3.05) is 17.7 Å². The van der Waals surface area contributed by atoms with Gasteiger partial charge in [0, 0.05) is 15.8 Å². The molecule has 1 saturated carbocycles. The van der Waals surface area contributed by atoms with Crippen LogP contribution in [-0.4, -0.2) is 19.1 Å². The highest BCUT2D eigenvalue weighted by atomic mass is 79.9. The Morgan fingerprint density at radius 2 is 1.88 bits per heavy atom. The Bertz CT molecular complexity index is 788. The number of hydrogen-bond acceptors (Lipinski definition) is 3. The van der Waals surface area contributed by atoms with Crippen molar-refractivity contribution in [2.45, 2.75) is 18.8 Å². The molecule has 1 fully saturated rings. The van der Waals surface area contributed by atoms with Gasteiger partial charge in [0.1, 0.15) is 0 Å². The second-order valence-electron chi connectivity index (χ2n) is 5.63. The van der Waals surface area contributed by atoms with Gasteiger partial charge in [-0.2, -0.15) is 0 Å². The fourth-order valence-corrected chi connectivity index (χ4v) is 2.92. The molecule has 0 aromatic heterocycles. The quantitative estimate of drug-likeness (QED) is 0.742. The predicted molar refractivity (Wildman–Crippen MR) is 96.5 cm³/mol. The van der Waals surface area contributed by atoms with Gasteiger partial charge in [0.25, 0.3) is 0 Å². The first kappa shape index (κ1) is 16.5. The summed E-state index contributed by atoms with van der Waals surface area (Å²) in [6, 6.07) is 12.5. The topological polar surface area (TPSA) is 67.4 Å². The number of carbonyl (C=O) groups excluding carboxylic acids is 2. The van der Waals surface area contributed by atoms with E-state index in [9.17, 15) is 9.59 Å². The molecule has 1 aliphatic carbocycles. The average Bonchev–Trinajstić information content (AvgIpc) is 3.41. The van der Waals surface area contributed by atoms with Crippen LogP contribution in [0.4, 0.5) is 16.2 Å². The summed E-state index contributed by atoms with van der Waals surface area (Å²) < 4.78 is 5.34. The lowest BCUT2D eigenvalue weighted by atomic mass is 10.1. The Kier molecular flexibility index (Phi) is 4.85. The van der Waals surface area contributed by atoms with E-state index >= 15 is 0 Å². The second kappa shape index (κ2) is 7.05. The van der Waals surface area contributed by atoms with Gasteiger partial charge < -0.3 is 15.4 Å². The van der Waals surface area contributed by atoms with Gasteiger partial charge in [-0.05, 0) is 64.5 Å². The lowest BCUT2D eigenvalue weighted by molar-refractivity contribution is 0.0599. The SMILES string of the molecule is COC(=O)c1cc(NC(=O)Nc2ccccc2C2CC2)ccc1Br. The molecule has 0 radical (unpaired) electrons. The molecule has 0 unspecified atom stereocenters. The molecule has 2 N–H and O–H groups in total. The maximum Gasteiger partial charge on any atom is 0.339 e. The Labute approximate surface area is 148 Å². The number of amides is 2. The molecule has 0 aliphatic heterocycles. The van der Waals surface area contributed by atoms with Gasteiger partial charge in [-0.1, -0.05) is 18.2 Å². The molecule has 124 valence electrons. The van der Waals surface area contributed by atoms with E-state index in [1.54, 1.807) is 18.2 Å². The summed E-state index contributed by atoms with van der Waals surface area (Å²) in [6.45, 7) is 0. The summed E-state index contributed by atoms with van der Waals surface area (Å²) in [7, 11) is 1.32. The van der Waals surface area contributed by atoms with Crippen molar-refractivity contribution in [2.24, 2.45) is 0 Å². The first-order valence-electron chi connectivity index (χ1n) is 7.63. The number of urea groups is 1. The standard InChI is InChI=1S/C18H17BrN2O3/c1-24-17(22)14-10-12(8-9-15(14)19)20-18(23)21-16-5-3-2-4-13(16)11-6-7-11/h2-5,8-11H,6-7H2,1H3,(H2,20,21,23). The number of rotatable bonds is 4. The smallest absolute Gasteiger partial charge is 0.339 e. The van der Waals surface area contributed by atoms with Crippen molar-refractivity contribution in [3.63, 3.8) is 0 Å². The predicted octanol–water partition coefficient (Wildman–Crippen LogP) is 4.76. The van der Waals surface area contributed by atoms with Crippen LogP contribution in [0.15, 0.2) is 46.9 Å². The van der Waals surface area contributed by atoms with Crippen molar-refractivity contribution in [3.8, 4) is 0 Å². The monoisotopic (exact) mass is 388 g/mol. The van der Waals surface area contributed by atoms with Crippen molar-refractivity contribution in [1.29, 1.82) is 0 Å². The van der Waals surface area contributed by atoms with E-state index in [1.165, 1.54) is 12.7 Å². The van der Waals surface area contributed by atoms with Crippen LogP contribution in [0.2, 0.25) is 0 Å². The van der Waals surface area contributed by atoms with Crippen LogP contribution in [-0.2, 0) is 4.74 Å². The Balaban J connectivity index is 1.72. The molecule has 3 rings (SSSR count). The molecule has 5 nitrogen and oxygen atoms in total. The van der Waals surface area contributed by atoms with Crippen molar-refractivity contribution < 1.29 is 14.3 Å². The van der Waals surface area contributed by atoms with E-state index in [0.717, 1.165) is 18.5 Å². The Hall–Kier alpha value is -2.34. The van der Waals surface area contributed by atoms with Crippen LogP contribution >= 0.6 is 15.9 Å². The van der Waals surface area contributed by atoms with Crippen LogP contribution in [0, 0.1) is 0 Å². The van der Waals surface area contributed by atoms with Gasteiger partial charge in [0.15, 0.2) is 0 Å². The van der Waals surface area contributed by atoms with Crippen LogP contribution in [0.25, 0.3) is 0 Å². The number of halogens is 1. The molecule has 2 aromatic rings. The summed E-state index contributed by atoms with van der Waals surface area (Å²) in [5.41, 5.74) is 2.86. The summed E-state index contributed by atoms with van der Waals surface area (Å²) in [5.74, 6) is 0.0742. The molecule has 2 amide bonds. The van der Waals surface area contributed by atoms with Crippen LogP contribution < -0.4 is 10.6 Å². The van der Waals surface area contributed by atoms with Crippen molar-refractivity contribution >= 4 is 39.3 Å². The Morgan fingerprint density at radius 3 is 2.58 bits per heavy atom. The highest BCUT2D eigenvalue weighted by Gasteiger charge is 2.26. The maximum absolute atomic E-state index is 12.3. The third kappa shape index (κ3) is 3.76. The number of benzene rings is 2. The molecule has 0 saturated heterocycles. The number of para-hydroxylation sites is 1. The molecule has 24 heavy (non-hydrogen) atoms. The minimum Gasteiger partial charge on any atom is -0.465 e. The van der Waals surface area contributed by atoms with E-state index in [0.29, 0.717) is 21.6 Å². The number of esters is 1. The normalized spacial score (nSPS) is 13.2. The fraction of sp³-hybridized carbons (Fsp3) is 0.222. The molecule has 6 heteroatoms. The summed E-state index contributed by atoms with van der Waals surface area (Å²) >= 11 is 3.30. The first-order chi connectivity index (χ1) is 11.6. The van der Waals surface area contributed by atoms with Crippen LogP contribution in [0.5, 0.6) is 0 Å². The van der Waals surface area contributed by atoms with Gasteiger partial charge in [-0.25, -0.2) is 9.59 Å². The zero-order valence-electron chi connectivity index (χ0n) is 13.1. The fourth-order valence-electron chi connectivity index (χ4n) is 2.52. The number of hydrogen-bond donors (Lipinski definition) is 2. The minimum atomic E-state index is -0.468. The molecular weight excluding hydrogens is 372 g/mol. The number of anilines is 2. The number of methoxy groups -OCH3 is 1. The molecule has 0 spiro atoms. The van der Waals surface area contributed by atoms with Crippen LogP contribution in [0.3, 0.4) is 0 Å².